The number of amides is 2. The summed E-state index contributed by atoms with van der Waals surface area (Å²) in [5, 5.41) is 9.85. The molecule has 0 aliphatic carbocycles. The van der Waals surface area contributed by atoms with Crippen molar-refractivity contribution in [1.82, 2.24) is 10.9 Å². The Kier molecular flexibility index (Phi) is 4.62. The standard InChI is InChI=1S/C13H16N4O2S/c1-8-10(13(19)17-14-8)5-6-12(18)16-15-9(2)11-4-3-7-20-11/h3-4,7,10H,5-6H2,1-2H3,(H,16,18)(H,17,19)/b15-9+. The van der Waals surface area contributed by atoms with Gasteiger partial charge in [0.25, 0.3) is 0 Å². The minimum Gasteiger partial charge on any atom is -0.273 e. The summed E-state index contributed by atoms with van der Waals surface area (Å²) in [4.78, 5) is 24.2. The first-order chi connectivity index (χ1) is 9.58. The zero-order valence-electron chi connectivity index (χ0n) is 11.3. The number of nitrogens with zero attached hydrogens (tertiary/aromatic N) is 2. The Balaban J connectivity index is 1.80. The van der Waals surface area contributed by atoms with Gasteiger partial charge < -0.3 is 0 Å². The molecule has 1 atom stereocenters. The number of rotatable bonds is 5. The van der Waals surface area contributed by atoms with Crippen molar-refractivity contribution in [3.05, 3.63) is 22.4 Å². The summed E-state index contributed by atoms with van der Waals surface area (Å²) >= 11 is 1.57. The van der Waals surface area contributed by atoms with Crippen LogP contribution in [0, 0.1) is 5.92 Å². The van der Waals surface area contributed by atoms with Crippen LogP contribution in [0.1, 0.15) is 31.6 Å². The summed E-state index contributed by atoms with van der Waals surface area (Å²) < 4.78 is 0. The van der Waals surface area contributed by atoms with Crippen LogP contribution in [0.15, 0.2) is 27.7 Å². The van der Waals surface area contributed by atoms with Crippen molar-refractivity contribution in [2.75, 3.05) is 0 Å². The van der Waals surface area contributed by atoms with Crippen molar-refractivity contribution in [3.63, 3.8) is 0 Å². The Morgan fingerprint density at radius 3 is 3.00 bits per heavy atom. The molecule has 1 aliphatic rings. The molecule has 0 spiro atoms. The van der Waals surface area contributed by atoms with E-state index in [0.717, 1.165) is 16.3 Å². The molecule has 1 unspecified atom stereocenters. The summed E-state index contributed by atoms with van der Waals surface area (Å²) in [6.07, 6.45) is 0.687. The molecule has 6 nitrogen and oxygen atoms in total. The highest BCUT2D eigenvalue weighted by atomic mass is 32.1. The molecule has 0 radical (unpaired) electrons. The van der Waals surface area contributed by atoms with Crippen molar-refractivity contribution < 1.29 is 9.59 Å². The van der Waals surface area contributed by atoms with Crippen molar-refractivity contribution in [2.45, 2.75) is 26.7 Å². The van der Waals surface area contributed by atoms with E-state index in [2.05, 4.69) is 21.1 Å². The van der Waals surface area contributed by atoms with Crippen LogP contribution in [0.3, 0.4) is 0 Å². The van der Waals surface area contributed by atoms with Crippen molar-refractivity contribution >= 4 is 34.6 Å². The van der Waals surface area contributed by atoms with Gasteiger partial charge in [-0.05, 0) is 31.7 Å². The molecule has 1 aliphatic heterocycles. The molecular weight excluding hydrogens is 276 g/mol. The monoisotopic (exact) mass is 292 g/mol. The average molecular weight is 292 g/mol. The van der Waals surface area contributed by atoms with E-state index >= 15 is 0 Å². The normalized spacial score (nSPS) is 18.7. The Bertz CT molecular complexity index is 563. The van der Waals surface area contributed by atoms with Crippen LogP contribution in [-0.4, -0.2) is 23.2 Å². The summed E-state index contributed by atoms with van der Waals surface area (Å²) in [6, 6.07) is 3.88. The van der Waals surface area contributed by atoms with E-state index in [1.54, 1.807) is 18.3 Å². The third-order valence-electron chi connectivity index (χ3n) is 3.05. The first-order valence-corrected chi connectivity index (χ1v) is 7.17. The molecule has 2 amide bonds. The molecular formula is C13H16N4O2S. The maximum atomic E-state index is 11.7. The molecule has 1 aromatic heterocycles. The Morgan fingerprint density at radius 2 is 2.40 bits per heavy atom. The number of carbonyl (C=O) groups excluding carboxylic acids is 2. The second-order valence-corrected chi connectivity index (χ2v) is 5.48. The van der Waals surface area contributed by atoms with Gasteiger partial charge in [-0.2, -0.15) is 10.2 Å². The van der Waals surface area contributed by atoms with Gasteiger partial charge in [-0.15, -0.1) is 11.3 Å². The van der Waals surface area contributed by atoms with Gasteiger partial charge in [-0.25, -0.2) is 10.9 Å². The van der Waals surface area contributed by atoms with Crippen molar-refractivity contribution in [1.29, 1.82) is 0 Å². The Hall–Kier alpha value is -2.02. The SMILES string of the molecule is CC1=NNC(=O)C1CCC(=O)N/N=C(\C)c1cccs1. The summed E-state index contributed by atoms with van der Waals surface area (Å²) in [7, 11) is 0. The summed E-state index contributed by atoms with van der Waals surface area (Å²) in [5.74, 6) is -0.648. The lowest BCUT2D eigenvalue weighted by atomic mass is 9.99. The van der Waals surface area contributed by atoms with Crippen LogP contribution in [0.25, 0.3) is 0 Å². The molecule has 7 heteroatoms. The van der Waals surface area contributed by atoms with Gasteiger partial charge in [0, 0.05) is 17.0 Å². The molecule has 2 N–H and O–H groups in total. The third-order valence-corrected chi connectivity index (χ3v) is 4.03. The van der Waals surface area contributed by atoms with Gasteiger partial charge in [0.2, 0.25) is 11.8 Å². The number of hydrogen-bond acceptors (Lipinski definition) is 5. The molecule has 0 fully saturated rings. The van der Waals surface area contributed by atoms with Crippen LogP contribution < -0.4 is 10.9 Å². The topological polar surface area (TPSA) is 82.9 Å². The molecule has 106 valence electrons. The van der Waals surface area contributed by atoms with Crippen molar-refractivity contribution in [3.8, 4) is 0 Å². The smallest absolute Gasteiger partial charge is 0.248 e. The van der Waals surface area contributed by atoms with Crippen LogP contribution in [0.4, 0.5) is 0 Å². The minimum absolute atomic E-state index is 0.145. The zero-order chi connectivity index (χ0) is 14.5. The van der Waals surface area contributed by atoms with Gasteiger partial charge in [-0.3, -0.25) is 9.59 Å². The van der Waals surface area contributed by atoms with E-state index in [4.69, 9.17) is 0 Å². The largest absolute Gasteiger partial charge is 0.273 e. The lowest BCUT2D eigenvalue weighted by Crippen LogP contribution is -2.25. The fourth-order valence-corrected chi connectivity index (χ4v) is 2.52. The average Bonchev–Trinajstić information content (AvgIpc) is 3.05. The fourth-order valence-electron chi connectivity index (χ4n) is 1.85. The minimum atomic E-state index is -0.303. The summed E-state index contributed by atoms with van der Waals surface area (Å²) in [6.45, 7) is 3.62. The lowest BCUT2D eigenvalue weighted by Gasteiger charge is -2.06. The maximum absolute atomic E-state index is 11.7. The van der Waals surface area contributed by atoms with Crippen molar-refractivity contribution in [2.24, 2.45) is 16.1 Å². The lowest BCUT2D eigenvalue weighted by molar-refractivity contribution is -0.123. The summed E-state index contributed by atoms with van der Waals surface area (Å²) in [5.41, 5.74) is 6.40. The van der Waals surface area contributed by atoms with E-state index in [1.807, 2.05) is 24.4 Å². The van der Waals surface area contributed by atoms with E-state index < -0.39 is 0 Å². The molecule has 0 bridgehead atoms. The molecule has 0 saturated carbocycles. The molecule has 0 saturated heterocycles. The number of hydrogen-bond donors (Lipinski definition) is 2. The fraction of sp³-hybridized carbons (Fsp3) is 0.385. The number of hydrazone groups is 2. The second-order valence-electron chi connectivity index (χ2n) is 4.53. The van der Waals surface area contributed by atoms with Gasteiger partial charge in [0.05, 0.1) is 11.6 Å². The molecule has 0 aromatic carbocycles. The quantitative estimate of drug-likeness (QED) is 0.636. The van der Waals surface area contributed by atoms with Gasteiger partial charge >= 0.3 is 0 Å². The Labute approximate surface area is 121 Å². The molecule has 1 aromatic rings. The number of nitrogens with one attached hydrogen (secondary N) is 2. The van der Waals surface area contributed by atoms with Crippen LogP contribution >= 0.6 is 11.3 Å². The first kappa shape index (κ1) is 14.4. The highest BCUT2D eigenvalue weighted by molar-refractivity contribution is 7.12. The third kappa shape index (κ3) is 3.51. The Morgan fingerprint density at radius 1 is 1.60 bits per heavy atom. The second kappa shape index (κ2) is 6.42. The van der Waals surface area contributed by atoms with Crippen LogP contribution in [0.2, 0.25) is 0 Å². The maximum Gasteiger partial charge on any atom is 0.248 e. The predicted octanol–water partition coefficient (Wildman–Crippen LogP) is 1.49. The van der Waals surface area contributed by atoms with E-state index in [1.165, 1.54) is 0 Å². The number of thiophene rings is 1. The molecule has 2 rings (SSSR count). The number of carbonyl (C=O) groups is 2. The highest BCUT2D eigenvalue weighted by Gasteiger charge is 2.26. The zero-order valence-corrected chi connectivity index (χ0v) is 12.2. The highest BCUT2D eigenvalue weighted by Crippen LogP contribution is 2.13. The van der Waals surface area contributed by atoms with E-state index in [0.29, 0.717) is 6.42 Å². The molecule has 2 heterocycles. The van der Waals surface area contributed by atoms with Crippen LogP contribution in [-0.2, 0) is 9.59 Å². The van der Waals surface area contributed by atoms with Gasteiger partial charge in [-0.1, -0.05) is 6.07 Å². The predicted molar refractivity (Wildman–Crippen MR) is 78.6 cm³/mol. The molecule has 20 heavy (non-hydrogen) atoms. The van der Waals surface area contributed by atoms with Gasteiger partial charge in [0.1, 0.15) is 0 Å². The van der Waals surface area contributed by atoms with E-state index in [-0.39, 0.29) is 24.2 Å². The first-order valence-electron chi connectivity index (χ1n) is 6.29. The van der Waals surface area contributed by atoms with Crippen LogP contribution in [0.5, 0.6) is 0 Å². The van der Waals surface area contributed by atoms with Gasteiger partial charge in [0.15, 0.2) is 0 Å². The van der Waals surface area contributed by atoms with E-state index in [9.17, 15) is 9.59 Å².